The molecule has 0 aromatic heterocycles. The summed E-state index contributed by atoms with van der Waals surface area (Å²) in [5, 5.41) is 10.2. The maximum atomic E-state index is 10.2. The van der Waals surface area contributed by atoms with Crippen LogP contribution in [0, 0.1) is 0 Å². The molecule has 98 valence electrons. The summed E-state index contributed by atoms with van der Waals surface area (Å²) in [5.74, 6) is 1.83. The third-order valence-corrected chi connectivity index (χ3v) is 5.28. The van der Waals surface area contributed by atoms with Crippen LogP contribution in [0.4, 0.5) is 0 Å². The largest absolute Gasteiger partial charge is 0.389 e. The van der Waals surface area contributed by atoms with E-state index < -0.39 is 5.60 Å². The van der Waals surface area contributed by atoms with Crippen molar-refractivity contribution in [3.63, 3.8) is 0 Å². The molecule has 3 heteroatoms. The van der Waals surface area contributed by atoms with Crippen LogP contribution in [0.25, 0.3) is 0 Å². The van der Waals surface area contributed by atoms with Crippen LogP contribution in [-0.4, -0.2) is 41.0 Å². The van der Waals surface area contributed by atoms with Crippen LogP contribution >= 0.6 is 11.8 Å². The highest BCUT2D eigenvalue weighted by atomic mass is 32.2. The first-order valence-corrected chi connectivity index (χ1v) is 7.79. The van der Waals surface area contributed by atoms with Crippen LogP contribution in [0.15, 0.2) is 29.2 Å². The minimum Gasteiger partial charge on any atom is -0.389 e. The first-order valence-electron chi connectivity index (χ1n) is 6.80. The molecule has 0 amide bonds. The molecular formula is C15H21NOS. The molecule has 1 fully saturated rings. The van der Waals surface area contributed by atoms with Crippen LogP contribution in [-0.2, 0) is 0 Å². The minimum atomic E-state index is -0.483. The van der Waals surface area contributed by atoms with Crippen LogP contribution < -0.4 is 0 Å². The van der Waals surface area contributed by atoms with E-state index in [2.05, 4.69) is 29.2 Å². The second kappa shape index (κ2) is 4.87. The van der Waals surface area contributed by atoms with E-state index in [1.807, 2.05) is 18.7 Å². The molecule has 1 N–H and O–H groups in total. The molecule has 2 unspecified atom stereocenters. The zero-order valence-corrected chi connectivity index (χ0v) is 11.7. The Morgan fingerprint density at radius 3 is 3.11 bits per heavy atom. The average Bonchev–Trinajstić information content (AvgIpc) is 2.72. The monoisotopic (exact) mass is 263 g/mol. The van der Waals surface area contributed by atoms with Gasteiger partial charge in [0.15, 0.2) is 0 Å². The topological polar surface area (TPSA) is 23.5 Å². The maximum Gasteiger partial charge on any atom is 0.0746 e. The van der Waals surface area contributed by atoms with E-state index in [0.29, 0.717) is 5.92 Å². The highest BCUT2D eigenvalue weighted by Gasteiger charge is 2.31. The smallest absolute Gasteiger partial charge is 0.0746 e. The molecule has 2 atom stereocenters. The van der Waals surface area contributed by atoms with Crippen LogP contribution in [0.5, 0.6) is 0 Å². The van der Waals surface area contributed by atoms with Gasteiger partial charge in [-0.2, -0.15) is 0 Å². The summed E-state index contributed by atoms with van der Waals surface area (Å²) in [6, 6.07) is 8.76. The van der Waals surface area contributed by atoms with Crippen molar-refractivity contribution in [1.82, 2.24) is 4.90 Å². The number of hydrogen-bond donors (Lipinski definition) is 1. The van der Waals surface area contributed by atoms with E-state index in [-0.39, 0.29) is 0 Å². The first-order chi connectivity index (χ1) is 8.64. The fraction of sp³-hybridized carbons (Fsp3) is 0.600. The molecule has 1 aromatic carbocycles. The quantitative estimate of drug-likeness (QED) is 0.887. The van der Waals surface area contributed by atoms with Crippen molar-refractivity contribution >= 4 is 11.8 Å². The number of nitrogens with zero attached hydrogens (tertiary/aromatic N) is 1. The molecule has 2 heterocycles. The lowest BCUT2D eigenvalue weighted by Gasteiger charge is -2.38. The van der Waals surface area contributed by atoms with Gasteiger partial charge >= 0.3 is 0 Å². The summed E-state index contributed by atoms with van der Waals surface area (Å²) in [6.07, 6.45) is 2.06. The first kappa shape index (κ1) is 12.5. The second-order valence-corrected chi connectivity index (χ2v) is 6.94. The number of piperidine rings is 1. The Balaban J connectivity index is 1.68. The highest BCUT2D eigenvalue weighted by molar-refractivity contribution is 7.99. The van der Waals surface area contributed by atoms with Crippen molar-refractivity contribution < 1.29 is 5.11 Å². The number of rotatable bonds is 2. The zero-order chi connectivity index (χ0) is 12.6. The predicted molar refractivity (Wildman–Crippen MR) is 76.2 cm³/mol. The molecule has 3 rings (SSSR count). The van der Waals surface area contributed by atoms with E-state index in [9.17, 15) is 5.11 Å². The number of thioether (sulfide) groups is 1. The number of fused-ring (bicyclic) bond motifs is 1. The van der Waals surface area contributed by atoms with Crippen molar-refractivity contribution in [2.75, 3.05) is 25.4 Å². The predicted octanol–water partition coefficient (Wildman–Crippen LogP) is 2.72. The summed E-state index contributed by atoms with van der Waals surface area (Å²) in [5.41, 5.74) is 1.02. The molecule has 2 nitrogen and oxygen atoms in total. The minimum absolute atomic E-state index is 0.483. The zero-order valence-electron chi connectivity index (χ0n) is 10.9. The maximum absolute atomic E-state index is 10.2. The third-order valence-electron chi connectivity index (χ3n) is 4.03. The van der Waals surface area contributed by atoms with Crippen molar-refractivity contribution in [3.05, 3.63) is 29.8 Å². The number of benzene rings is 1. The molecule has 0 bridgehead atoms. The van der Waals surface area contributed by atoms with Gasteiger partial charge in [0, 0.05) is 29.7 Å². The summed E-state index contributed by atoms with van der Waals surface area (Å²) in [6.45, 7) is 5.03. The lowest BCUT2D eigenvalue weighted by Crippen LogP contribution is -2.47. The number of likely N-dealkylation sites (tertiary alicyclic amines) is 1. The standard InChI is InChI=1S/C15H21NOS/c1-15(17)7-4-8-16(11-15)9-12-10-18-14-6-3-2-5-13(12)14/h2-3,5-6,12,17H,4,7-11H2,1H3. The average molecular weight is 263 g/mol. The molecule has 1 saturated heterocycles. The molecule has 0 radical (unpaired) electrons. The summed E-state index contributed by atoms with van der Waals surface area (Å²) in [4.78, 5) is 3.89. The molecule has 18 heavy (non-hydrogen) atoms. The van der Waals surface area contributed by atoms with Gasteiger partial charge in [-0.05, 0) is 37.9 Å². The van der Waals surface area contributed by atoms with E-state index >= 15 is 0 Å². The van der Waals surface area contributed by atoms with Gasteiger partial charge in [-0.1, -0.05) is 18.2 Å². The highest BCUT2D eigenvalue weighted by Crippen LogP contribution is 2.40. The summed E-state index contributed by atoms with van der Waals surface area (Å²) in [7, 11) is 0. The van der Waals surface area contributed by atoms with E-state index in [1.165, 1.54) is 16.2 Å². The van der Waals surface area contributed by atoms with Crippen LogP contribution in [0.2, 0.25) is 0 Å². The number of aliphatic hydroxyl groups is 1. The van der Waals surface area contributed by atoms with E-state index in [1.54, 1.807) is 0 Å². The third kappa shape index (κ3) is 2.58. The Bertz CT molecular complexity index is 432. The molecule has 0 spiro atoms. The normalized spacial score (nSPS) is 32.4. The SMILES string of the molecule is CC1(O)CCCN(CC2CSc3ccccc32)C1. The molecule has 1 aromatic rings. The summed E-state index contributed by atoms with van der Waals surface area (Å²) < 4.78 is 0. The van der Waals surface area contributed by atoms with Gasteiger partial charge in [0.25, 0.3) is 0 Å². The Morgan fingerprint density at radius 1 is 1.44 bits per heavy atom. The Kier molecular flexibility index (Phi) is 3.39. The molecule has 2 aliphatic rings. The second-order valence-electron chi connectivity index (χ2n) is 5.88. The van der Waals surface area contributed by atoms with Crippen molar-refractivity contribution in [2.24, 2.45) is 0 Å². The lowest BCUT2D eigenvalue weighted by molar-refractivity contribution is -0.0165. The van der Waals surface area contributed by atoms with Crippen molar-refractivity contribution in [1.29, 1.82) is 0 Å². The van der Waals surface area contributed by atoms with Crippen LogP contribution in [0.3, 0.4) is 0 Å². The number of β-amino-alcohol motifs (C(OH)–C–C–N with tert-alkyl or cyclic N) is 1. The fourth-order valence-corrected chi connectivity index (χ4v) is 4.41. The van der Waals surface area contributed by atoms with Crippen molar-refractivity contribution in [2.45, 2.75) is 36.2 Å². The van der Waals surface area contributed by atoms with Gasteiger partial charge in [0.2, 0.25) is 0 Å². The van der Waals surface area contributed by atoms with Gasteiger partial charge in [-0.25, -0.2) is 0 Å². The summed E-state index contributed by atoms with van der Waals surface area (Å²) >= 11 is 1.98. The lowest BCUT2D eigenvalue weighted by atomic mass is 9.93. The molecule has 2 aliphatic heterocycles. The Hall–Kier alpha value is -0.510. The molecule has 0 aliphatic carbocycles. The van der Waals surface area contributed by atoms with Gasteiger partial charge in [-0.15, -0.1) is 11.8 Å². The van der Waals surface area contributed by atoms with Gasteiger partial charge < -0.3 is 5.11 Å². The Morgan fingerprint density at radius 2 is 2.28 bits per heavy atom. The van der Waals surface area contributed by atoms with Gasteiger partial charge in [0.1, 0.15) is 0 Å². The van der Waals surface area contributed by atoms with Gasteiger partial charge in [0.05, 0.1) is 5.60 Å². The van der Waals surface area contributed by atoms with E-state index in [4.69, 9.17) is 0 Å². The van der Waals surface area contributed by atoms with E-state index in [0.717, 1.165) is 32.5 Å². The molecular weight excluding hydrogens is 242 g/mol. The van der Waals surface area contributed by atoms with Crippen molar-refractivity contribution in [3.8, 4) is 0 Å². The fourth-order valence-electron chi connectivity index (χ4n) is 3.17. The molecule has 0 saturated carbocycles. The Labute approximate surface area is 113 Å². The number of hydrogen-bond acceptors (Lipinski definition) is 3. The van der Waals surface area contributed by atoms with Crippen LogP contribution in [0.1, 0.15) is 31.2 Å². The van der Waals surface area contributed by atoms with Gasteiger partial charge in [-0.3, -0.25) is 4.90 Å².